The number of hydrogen-bond donors (Lipinski definition) is 1. The first kappa shape index (κ1) is 18.4. The molecule has 4 aromatic rings. The molecular formula is C23H23N5O2. The number of aromatic amines is 1. The predicted octanol–water partition coefficient (Wildman–Crippen LogP) is 2.34. The fourth-order valence-electron chi connectivity index (χ4n) is 4.27. The first-order valence-corrected chi connectivity index (χ1v) is 10.1. The molecule has 0 radical (unpaired) electrons. The second-order valence-corrected chi connectivity index (χ2v) is 7.92. The molecule has 7 heteroatoms. The van der Waals surface area contributed by atoms with Crippen molar-refractivity contribution in [2.75, 3.05) is 11.4 Å². The molecule has 0 unspecified atom stereocenters. The molecule has 152 valence electrons. The van der Waals surface area contributed by atoms with Crippen LogP contribution in [-0.2, 0) is 26.6 Å². The second-order valence-electron chi connectivity index (χ2n) is 7.92. The van der Waals surface area contributed by atoms with Crippen molar-refractivity contribution in [1.82, 2.24) is 19.1 Å². The van der Waals surface area contributed by atoms with Gasteiger partial charge in [0.1, 0.15) is 0 Å². The highest BCUT2D eigenvalue weighted by molar-refractivity contribution is 5.74. The van der Waals surface area contributed by atoms with Crippen LogP contribution < -0.4 is 16.1 Å². The van der Waals surface area contributed by atoms with Gasteiger partial charge < -0.3 is 4.90 Å². The zero-order valence-corrected chi connectivity index (χ0v) is 17.1. The number of aromatic nitrogens is 4. The number of H-pyrrole nitrogens is 1. The Morgan fingerprint density at radius 3 is 2.67 bits per heavy atom. The third kappa shape index (κ3) is 3.03. The predicted molar refractivity (Wildman–Crippen MR) is 117 cm³/mol. The summed E-state index contributed by atoms with van der Waals surface area (Å²) in [6, 6.07) is 16.6. The van der Waals surface area contributed by atoms with E-state index in [0.717, 1.165) is 30.6 Å². The van der Waals surface area contributed by atoms with E-state index in [0.29, 0.717) is 23.7 Å². The number of nitrogens with one attached hydrogen (secondary N) is 1. The summed E-state index contributed by atoms with van der Waals surface area (Å²) in [5, 5.41) is 0. The van der Waals surface area contributed by atoms with E-state index in [2.05, 4.69) is 47.1 Å². The average molecular weight is 401 g/mol. The van der Waals surface area contributed by atoms with E-state index in [9.17, 15) is 9.59 Å². The summed E-state index contributed by atoms with van der Waals surface area (Å²) in [4.78, 5) is 34.3. The summed E-state index contributed by atoms with van der Waals surface area (Å²) in [5.41, 5.74) is 4.83. The van der Waals surface area contributed by atoms with Gasteiger partial charge in [0.2, 0.25) is 5.95 Å². The van der Waals surface area contributed by atoms with Crippen molar-refractivity contribution < 1.29 is 0 Å². The van der Waals surface area contributed by atoms with Gasteiger partial charge in [-0.25, -0.2) is 4.79 Å². The molecule has 1 aliphatic heterocycles. The van der Waals surface area contributed by atoms with Crippen LogP contribution in [0.2, 0.25) is 0 Å². The molecule has 30 heavy (non-hydrogen) atoms. The van der Waals surface area contributed by atoms with E-state index in [1.54, 1.807) is 7.05 Å². The number of aryl methyl sites for hydroxylation is 2. The summed E-state index contributed by atoms with van der Waals surface area (Å²) < 4.78 is 3.35. The average Bonchev–Trinajstić information content (AvgIpc) is 3.11. The molecule has 7 nitrogen and oxygen atoms in total. The first-order chi connectivity index (χ1) is 14.5. The summed E-state index contributed by atoms with van der Waals surface area (Å²) in [7, 11) is 1.64. The normalized spacial score (nSPS) is 13.6. The largest absolute Gasteiger partial charge is 0.337 e. The maximum absolute atomic E-state index is 12.8. The Morgan fingerprint density at radius 2 is 1.87 bits per heavy atom. The topological polar surface area (TPSA) is 75.9 Å². The number of nitrogens with zero attached hydrogens (tertiary/aromatic N) is 4. The van der Waals surface area contributed by atoms with E-state index in [1.807, 2.05) is 22.8 Å². The van der Waals surface area contributed by atoms with Gasteiger partial charge in [-0.3, -0.25) is 18.9 Å². The van der Waals surface area contributed by atoms with Crippen molar-refractivity contribution in [3.8, 4) is 0 Å². The maximum atomic E-state index is 12.8. The summed E-state index contributed by atoms with van der Waals surface area (Å²) >= 11 is 0. The van der Waals surface area contributed by atoms with Crippen molar-refractivity contribution >= 4 is 17.1 Å². The molecule has 1 aliphatic rings. The lowest BCUT2D eigenvalue weighted by molar-refractivity contribution is 0.676. The van der Waals surface area contributed by atoms with Gasteiger partial charge in [-0.05, 0) is 30.0 Å². The summed E-state index contributed by atoms with van der Waals surface area (Å²) in [6.07, 6.45) is 0.916. The van der Waals surface area contributed by atoms with Crippen LogP contribution in [0.25, 0.3) is 11.2 Å². The Bertz CT molecular complexity index is 1380. The van der Waals surface area contributed by atoms with E-state index in [-0.39, 0.29) is 0 Å². The van der Waals surface area contributed by atoms with E-state index in [1.165, 1.54) is 15.7 Å². The number of anilines is 1. The summed E-state index contributed by atoms with van der Waals surface area (Å²) in [6.45, 7) is 4.08. The lowest BCUT2D eigenvalue weighted by Gasteiger charge is -2.30. The molecule has 0 saturated heterocycles. The van der Waals surface area contributed by atoms with Crippen molar-refractivity contribution in [1.29, 1.82) is 0 Å². The lowest BCUT2D eigenvalue weighted by atomic mass is 10.0. The van der Waals surface area contributed by atoms with Gasteiger partial charge in [0, 0.05) is 20.1 Å². The number of benzene rings is 2. The van der Waals surface area contributed by atoms with Crippen molar-refractivity contribution in [2.24, 2.45) is 7.05 Å². The molecule has 1 N–H and O–H groups in total. The van der Waals surface area contributed by atoms with Gasteiger partial charge in [0.15, 0.2) is 11.2 Å². The van der Waals surface area contributed by atoms with Crippen LogP contribution in [0.3, 0.4) is 0 Å². The number of hydrogen-bond acceptors (Lipinski definition) is 4. The molecule has 0 atom stereocenters. The van der Waals surface area contributed by atoms with Crippen molar-refractivity contribution in [3.05, 3.63) is 91.6 Å². The zero-order valence-electron chi connectivity index (χ0n) is 17.1. The van der Waals surface area contributed by atoms with E-state index < -0.39 is 11.2 Å². The minimum atomic E-state index is -0.455. The van der Waals surface area contributed by atoms with Crippen LogP contribution in [0, 0.1) is 6.92 Å². The Morgan fingerprint density at radius 1 is 1.07 bits per heavy atom. The third-order valence-electron chi connectivity index (χ3n) is 5.82. The highest BCUT2D eigenvalue weighted by atomic mass is 16.2. The molecular weight excluding hydrogens is 378 g/mol. The quantitative estimate of drug-likeness (QED) is 0.572. The molecule has 0 fully saturated rings. The molecule has 5 rings (SSSR count). The molecule has 3 heterocycles. The number of rotatable bonds is 3. The van der Waals surface area contributed by atoms with Gasteiger partial charge in [-0.15, -0.1) is 0 Å². The standard InChI is InChI=1S/C23H23N5O2/c1-15-6-5-7-16(12-15)13-28-19-20(26(2)23(30)25-21(19)29)24-22(28)27-11-10-17-8-3-4-9-18(17)14-27/h3-9,12H,10-11,13-14H2,1-2H3,(H,25,29,30). The van der Waals surface area contributed by atoms with Crippen LogP contribution in [0.1, 0.15) is 22.3 Å². The van der Waals surface area contributed by atoms with Gasteiger partial charge in [0.05, 0.1) is 6.54 Å². The Kier molecular flexibility index (Phi) is 4.31. The first-order valence-electron chi connectivity index (χ1n) is 10.1. The van der Waals surface area contributed by atoms with Crippen LogP contribution >= 0.6 is 0 Å². The Hall–Kier alpha value is -3.61. The lowest BCUT2D eigenvalue weighted by Crippen LogP contribution is -2.33. The van der Waals surface area contributed by atoms with Gasteiger partial charge in [0.25, 0.3) is 5.56 Å². The number of imidazole rings is 1. The van der Waals surface area contributed by atoms with Gasteiger partial charge in [-0.2, -0.15) is 4.98 Å². The van der Waals surface area contributed by atoms with Crippen LogP contribution in [0.4, 0.5) is 5.95 Å². The van der Waals surface area contributed by atoms with Gasteiger partial charge in [-0.1, -0.05) is 54.1 Å². The minimum Gasteiger partial charge on any atom is -0.337 e. The molecule has 0 spiro atoms. The van der Waals surface area contributed by atoms with Crippen LogP contribution in [0.15, 0.2) is 58.1 Å². The van der Waals surface area contributed by atoms with E-state index in [4.69, 9.17) is 4.98 Å². The minimum absolute atomic E-state index is 0.406. The van der Waals surface area contributed by atoms with Gasteiger partial charge >= 0.3 is 5.69 Å². The van der Waals surface area contributed by atoms with Crippen LogP contribution in [-0.4, -0.2) is 25.6 Å². The van der Waals surface area contributed by atoms with Crippen molar-refractivity contribution in [2.45, 2.75) is 26.4 Å². The molecule has 0 saturated carbocycles. The fraction of sp³-hybridized carbons (Fsp3) is 0.261. The molecule has 0 aliphatic carbocycles. The SMILES string of the molecule is Cc1cccc(Cn2c(N3CCc4ccccc4C3)nc3c2c(=O)[nH]c(=O)n3C)c1. The molecule has 0 bridgehead atoms. The summed E-state index contributed by atoms with van der Waals surface area (Å²) in [5.74, 6) is 0.715. The molecule has 2 aromatic heterocycles. The highest BCUT2D eigenvalue weighted by Gasteiger charge is 2.24. The third-order valence-corrected chi connectivity index (χ3v) is 5.82. The van der Waals surface area contributed by atoms with E-state index >= 15 is 0 Å². The molecule has 2 aromatic carbocycles. The molecule has 0 amide bonds. The Balaban J connectivity index is 1.69. The second kappa shape index (κ2) is 7.02. The fourth-order valence-corrected chi connectivity index (χ4v) is 4.27. The number of fused-ring (bicyclic) bond motifs is 2. The van der Waals surface area contributed by atoms with Crippen LogP contribution in [0.5, 0.6) is 0 Å². The monoisotopic (exact) mass is 401 g/mol. The maximum Gasteiger partial charge on any atom is 0.329 e. The van der Waals surface area contributed by atoms with Crippen molar-refractivity contribution in [3.63, 3.8) is 0 Å². The Labute approximate surface area is 173 Å². The zero-order chi connectivity index (χ0) is 20.8. The highest BCUT2D eigenvalue weighted by Crippen LogP contribution is 2.27. The smallest absolute Gasteiger partial charge is 0.329 e.